The van der Waals surface area contributed by atoms with E-state index in [1.807, 2.05) is 33.8 Å². The summed E-state index contributed by atoms with van der Waals surface area (Å²) < 4.78 is 0. The number of carboxylic acid groups (broad SMARTS) is 1. The number of aliphatic carboxylic acids is 1. The number of carboxylic acids is 1. The first-order valence-electron chi connectivity index (χ1n) is 7.41. The summed E-state index contributed by atoms with van der Waals surface area (Å²) in [6.45, 7) is 8.57. The van der Waals surface area contributed by atoms with Crippen LogP contribution in [0, 0.1) is 23.2 Å². The van der Waals surface area contributed by atoms with E-state index in [-0.39, 0.29) is 30.8 Å². The van der Waals surface area contributed by atoms with Gasteiger partial charge in [0, 0.05) is 25.6 Å². The second-order valence-corrected chi connectivity index (χ2v) is 5.97. The predicted molar refractivity (Wildman–Crippen MR) is 80.7 cm³/mol. The van der Waals surface area contributed by atoms with Crippen LogP contribution in [-0.2, 0) is 4.79 Å². The highest BCUT2D eigenvalue weighted by Crippen LogP contribution is 2.15. The Balaban J connectivity index is 4.50. The van der Waals surface area contributed by atoms with Gasteiger partial charge in [0.25, 0.3) is 0 Å². The first kappa shape index (κ1) is 19.2. The van der Waals surface area contributed by atoms with Crippen molar-refractivity contribution >= 4 is 12.0 Å². The van der Waals surface area contributed by atoms with Crippen LogP contribution in [0.2, 0.25) is 0 Å². The molecule has 0 heterocycles. The Morgan fingerprint density at radius 2 is 1.90 bits per heavy atom. The normalized spacial score (nSPS) is 12.0. The van der Waals surface area contributed by atoms with Crippen molar-refractivity contribution in [2.45, 2.75) is 53.0 Å². The maximum atomic E-state index is 12.1. The van der Waals surface area contributed by atoms with Gasteiger partial charge in [0.2, 0.25) is 0 Å². The molecule has 0 aromatic rings. The summed E-state index contributed by atoms with van der Waals surface area (Å²) in [5.74, 6) is -0.539. The Morgan fingerprint density at radius 1 is 1.29 bits per heavy atom. The number of hydrogen-bond acceptors (Lipinski definition) is 3. The van der Waals surface area contributed by atoms with Crippen LogP contribution in [0.5, 0.6) is 0 Å². The lowest BCUT2D eigenvalue weighted by Crippen LogP contribution is -2.46. The van der Waals surface area contributed by atoms with Crippen LogP contribution in [0.1, 0.15) is 47.0 Å². The summed E-state index contributed by atoms with van der Waals surface area (Å²) in [5.41, 5.74) is 0. The van der Waals surface area contributed by atoms with Gasteiger partial charge in [0.05, 0.1) is 12.5 Å². The number of carbonyl (C=O) groups excluding carboxylic acids is 1. The summed E-state index contributed by atoms with van der Waals surface area (Å²) in [5, 5.41) is 20.3. The number of nitriles is 1. The average Bonchev–Trinajstić information content (AvgIpc) is 2.34. The van der Waals surface area contributed by atoms with E-state index in [9.17, 15) is 9.59 Å². The summed E-state index contributed by atoms with van der Waals surface area (Å²) in [4.78, 5) is 24.6. The lowest BCUT2D eigenvalue weighted by atomic mass is 9.94. The largest absolute Gasteiger partial charge is 0.481 e. The molecule has 0 aliphatic rings. The Morgan fingerprint density at radius 3 is 2.33 bits per heavy atom. The highest BCUT2D eigenvalue weighted by Gasteiger charge is 2.20. The Bertz CT molecular complexity index is 375. The quantitative estimate of drug-likeness (QED) is 0.683. The van der Waals surface area contributed by atoms with E-state index >= 15 is 0 Å². The van der Waals surface area contributed by atoms with E-state index < -0.39 is 5.97 Å². The fourth-order valence-corrected chi connectivity index (χ4v) is 2.25. The van der Waals surface area contributed by atoms with Crippen molar-refractivity contribution < 1.29 is 14.7 Å². The van der Waals surface area contributed by atoms with Crippen LogP contribution in [0.3, 0.4) is 0 Å². The number of amides is 2. The van der Waals surface area contributed by atoms with Crippen molar-refractivity contribution in [3.8, 4) is 6.07 Å². The third-order valence-electron chi connectivity index (χ3n) is 3.16. The minimum Gasteiger partial charge on any atom is -0.481 e. The fraction of sp³-hybridized carbons (Fsp3) is 0.800. The van der Waals surface area contributed by atoms with Gasteiger partial charge in [-0.3, -0.25) is 4.79 Å². The highest BCUT2D eigenvalue weighted by molar-refractivity contribution is 5.74. The molecular formula is C15H27N3O3. The number of rotatable bonds is 9. The second kappa shape index (κ2) is 10.0. The maximum absolute atomic E-state index is 12.1. The van der Waals surface area contributed by atoms with Crippen LogP contribution in [0.15, 0.2) is 0 Å². The predicted octanol–water partition coefficient (Wildman–Crippen LogP) is 2.46. The summed E-state index contributed by atoms with van der Waals surface area (Å²) in [7, 11) is 0. The van der Waals surface area contributed by atoms with Gasteiger partial charge in [-0.2, -0.15) is 5.26 Å². The van der Waals surface area contributed by atoms with Crippen LogP contribution >= 0.6 is 0 Å². The molecule has 0 radical (unpaired) electrons. The third-order valence-corrected chi connectivity index (χ3v) is 3.16. The standard InChI is InChI=1S/C15H27N3O3/c1-11(2)8-13(9-14(19)20)10-17-15(21)18(12(3)4)7-5-6-16/h11-13H,5,7-10H2,1-4H3,(H,17,21)(H,19,20). The molecule has 1 atom stereocenters. The Kier molecular flexibility index (Phi) is 9.18. The minimum absolute atomic E-state index is 0.00127. The molecule has 0 spiro atoms. The topological polar surface area (TPSA) is 93.4 Å². The Labute approximate surface area is 127 Å². The Hall–Kier alpha value is -1.77. The molecule has 0 aliphatic heterocycles. The van der Waals surface area contributed by atoms with E-state index in [0.717, 1.165) is 6.42 Å². The zero-order valence-corrected chi connectivity index (χ0v) is 13.4. The first-order chi connectivity index (χ1) is 9.77. The van der Waals surface area contributed by atoms with Gasteiger partial charge in [-0.15, -0.1) is 0 Å². The van der Waals surface area contributed by atoms with Gasteiger partial charge in [-0.1, -0.05) is 13.8 Å². The van der Waals surface area contributed by atoms with E-state index in [0.29, 0.717) is 19.0 Å². The van der Waals surface area contributed by atoms with Gasteiger partial charge in [0.15, 0.2) is 0 Å². The molecule has 0 bridgehead atoms. The molecule has 2 N–H and O–H groups in total. The van der Waals surface area contributed by atoms with Gasteiger partial charge < -0.3 is 15.3 Å². The van der Waals surface area contributed by atoms with Crippen molar-refractivity contribution in [3.05, 3.63) is 0 Å². The summed E-state index contributed by atoms with van der Waals surface area (Å²) in [6, 6.07) is 1.79. The summed E-state index contributed by atoms with van der Waals surface area (Å²) in [6.07, 6.45) is 1.10. The second-order valence-electron chi connectivity index (χ2n) is 5.97. The molecule has 0 aromatic heterocycles. The lowest BCUT2D eigenvalue weighted by Gasteiger charge is -2.27. The molecular weight excluding hydrogens is 270 g/mol. The van der Waals surface area contributed by atoms with Crippen molar-refractivity contribution in [1.29, 1.82) is 5.26 Å². The first-order valence-corrected chi connectivity index (χ1v) is 7.41. The number of nitrogens with one attached hydrogen (secondary N) is 1. The molecule has 0 aliphatic carbocycles. The number of hydrogen-bond donors (Lipinski definition) is 2. The van der Waals surface area contributed by atoms with Crippen molar-refractivity contribution in [2.75, 3.05) is 13.1 Å². The molecule has 0 saturated carbocycles. The molecule has 2 amide bonds. The highest BCUT2D eigenvalue weighted by atomic mass is 16.4. The molecule has 0 rings (SSSR count). The van der Waals surface area contributed by atoms with Crippen molar-refractivity contribution in [2.24, 2.45) is 11.8 Å². The molecule has 0 fully saturated rings. The van der Waals surface area contributed by atoms with Crippen molar-refractivity contribution in [3.63, 3.8) is 0 Å². The smallest absolute Gasteiger partial charge is 0.317 e. The number of nitrogens with zero attached hydrogens (tertiary/aromatic N) is 2. The summed E-state index contributed by atoms with van der Waals surface area (Å²) >= 11 is 0. The average molecular weight is 297 g/mol. The lowest BCUT2D eigenvalue weighted by molar-refractivity contribution is -0.138. The van der Waals surface area contributed by atoms with E-state index in [1.165, 1.54) is 0 Å². The molecule has 120 valence electrons. The minimum atomic E-state index is -0.847. The van der Waals surface area contributed by atoms with Gasteiger partial charge in [-0.05, 0) is 32.1 Å². The number of carbonyl (C=O) groups is 2. The van der Waals surface area contributed by atoms with Gasteiger partial charge >= 0.3 is 12.0 Å². The SMILES string of the molecule is CC(C)CC(CNC(=O)N(CCC#N)C(C)C)CC(=O)O. The molecule has 0 aromatic carbocycles. The van der Waals surface area contributed by atoms with Crippen LogP contribution in [0.25, 0.3) is 0 Å². The fourth-order valence-electron chi connectivity index (χ4n) is 2.25. The molecule has 6 nitrogen and oxygen atoms in total. The van der Waals surface area contributed by atoms with Gasteiger partial charge in [0.1, 0.15) is 0 Å². The zero-order chi connectivity index (χ0) is 16.4. The monoisotopic (exact) mass is 297 g/mol. The molecule has 0 saturated heterocycles. The van der Waals surface area contributed by atoms with E-state index in [4.69, 9.17) is 10.4 Å². The molecule has 1 unspecified atom stereocenters. The van der Waals surface area contributed by atoms with E-state index in [1.54, 1.807) is 4.90 Å². The third kappa shape index (κ3) is 8.90. The van der Waals surface area contributed by atoms with Crippen molar-refractivity contribution in [1.82, 2.24) is 10.2 Å². The van der Waals surface area contributed by atoms with E-state index in [2.05, 4.69) is 5.32 Å². The van der Waals surface area contributed by atoms with Crippen LogP contribution in [0.4, 0.5) is 4.79 Å². The zero-order valence-electron chi connectivity index (χ0n) is 13.4. The molecule has 21 heavy (non-hydrogen) atoms. The van der Waals surface area contributed by atoms with Crippen LogP contribution < -0.4 is 5.32 Å². The van der Waals surface area contributed by atoms with Gasteiger partial charge in [-0.25, -0.2) is 4.79 Å². The number of urea groups is 1. The van der Waals surface area contributed by atoms with Crippen LogP contribution in [-0.4, -0.2) is 41.1 Å². The maximum Gasteiger partial charge on any atom is 0.317 e. The molecule has 6 heteroatoms.